The molecule has 1 aromatic carbocycles. The third-order valence-electron chi connectivity index (χ3n) is 3.38. The van der Waals surface area contributed by atoms with Crippen LogP contribution < -0.4 is 9.64 Å². The zero-order chi connectivity index (χ0) is 18.4. The number of aromatic nitrogens is 1. The first-order valence-electron chi connectivity index (χ1n) is 7.35. The molecule has 0 aliphatic heterocycles. The van der Waals surface area contributed by atoms with Crippen molar-refractivity contribution in [3.8, 4) is 11.8 Å². The van der Waals surface area contributed by atoms with Crippen molar-refractivity contribution in [2.75, 3.05) is 25.1 Å². The zero-order valence-electron chi connectivity index (χ0n) is 13.4. The molecule has 1 heterocycles. The molecule has 1 unspecified atom stereocenters. The maximum absolute atomic E-state index is 12.5. The molecule has 2 rings (SSSR count). The highest BCUT2D eigenvalue weighted by Crippen LogP contribution is 2.30. The number of aliphatic hydroxyl groups is 1. The summed E-state index contributed by atoms with van der Waals surface area (Å²) in [6, 6.07) is 9.51. The first-order valence-corrected chi connectivity index (χ1v) is 7.35. The molecular weight excluding hydrogens is 335 g/mol. The molecular formula is C17H16F3N3O2. The third kappa shape index (κ3) is 5.09. The van der Waals surface area contributed by atoms with Crippen LogP contribution in [0.2, 0.25) is 0 Å². The lowest BCUT2D eigenvalue weighted by atomic mass is 10.2. The van der Waals surface area contributed by atoms with Gasteiger partial charge in [0.2, 0.25) is 0 Å². The van der Waals surface area contributed by atoms with E-state index in [0.29, 0.717) is 11.4 Å². The summed E-state index contributed by atoms with van der Waals surface area (Å²) in [5.74, 6) is 0.656. The van der Waals surface area contributed by atoms with Crippen LogP contribution in [0.4, 0.5) is 19.0 Å². The van der Waals surface area contributed by atoms with Gasteiger partial charge in [-0.1, -0.05) is 0 Å². The number of hydrogen-bond acceptors (Lipinski definition) is 5. The van der Waals surface area contributed by atoms with Crippen molar-refractivity contribution < 1.29 is 23.0 Å². The number of benzene rings is 1. The molecule has 0 aliphatic rings. The lowest BCUT2D eigenvalue weighted by Gasteiger charge is -2.22. The number of hydrogen-bond donors (Lipinski definition) is 1. The summed E-state index contributed by atoms with van der Waals surface area (Å²) < 4.78 is 42.8. The van der Waals surface area contributed by atoms with Gasteiger partial charge in [0.15, 0.2) is 0 Å². The quantitative estimate of drug-likeness (QED) is 0.867. The Labute approximate surface area is 142 Å². The summed E-state index contributed by atoms with van der Waals surface area (Å²) in [5.41, 5.74) is -0.389. The number of alkyl halides is 3. The molecule has 1 N–H and O–H groups in total. The standard InChI is InChI=1S/C17H16F3N3O2/c1-23(16-12(9-21)3-2-8-22-16)10-14(24)11-25-15-6-4-13(5-7-15)17(18,19)20/h2-8,14,24H,10-11H2,1H3. The topological polar surface area (TPSA) is 69.4 Å². The van der Waals surface area contributed by atoms with E-state index in [1.54, 1.807) is 24.1 Å². The van der Waals surface area contributed by atoms with Crippen LogP contribution in [-0.4, -0.2) is 36.4 Å². The van der Waals surface area contributed by atoms with Crippen LogP contribution in [-0.2, 0) is 6.18 Å². The first kappa shape index (κ1) is 18.5. The number of aliphatic hydroxyl groups excluding tert-OH is 1. The molecule has 0 radical (unpaired) electrons. The van der Waals surface area contributed by atoms with Gasteiger partial charge in [-0.2, -0.15) is 18.4 Å². The molecule has 5 nitrogen and oxygen atoms in total. The lowest BCUT2D eigenvalue weighted by molar-refractivity contribution is -0.137. The van der Waals surface area contributed by atoms with E-state index < -0.39 is 17.8 Å². The maximum Gasteiger partial charge on any atom is 0.416 e. The number of anilines is 1. The number of rotatable bonds is 6. The van der Waals surface area contributed by atoms with Gasteiger partial charge in [-0.05, 0) is 36.4 Å². The van der Waals surface area contributed by atoms with E-state index in [0.717, 1.165) is 12.1 Å². The summed E-state index contributed by atoms with van der Waals surface area (Å²) in [6.07, 6.45) is -3.78. The minimum atomic E-state index is -4.40. The molecule has 0 aliphatic carbocycles. The van der Waals surface area contributed by atoms with Crippen LogP contribution in [0.1, 0.15) is 11.1 Å². The minimum absolute atomic E-state index is 0.107. The highest BCUT2D eigenvalue weighted by molar-refractivity contribution is 5.52. The monoisotopic (exact) mass is 351 g/mol. The lowest BCUT2D eigenvalue weighted by Crippen LogP contribution is -2.33. The van der Waals surface area contributed by atoms with Crippen molar-refractivity contribution in [2.24, 2.45) is 0 Å². The molecule has 1 atom stereocenters. The molecule has 1 aromatic heterocycles. The van der Waals surface area contributed by atoms with Crippen LogP contribution in [0.25, 0.3) is 0 Å². The van der Waals surface area contributed by atoms with Gasteiger partial charge >= 0.3 is 6.18 Å². The summed E-state index contributed by atoms with van der Waals surface area (Å²) in [6.45, 7) is 0.0384. The molecule has 2 aromatic rings. The van der Waals surface area contributed by atoms with Gasteiger partial charge in [0.25, 0.3) is 0 Å². The normalized spacial score (nSPS) is 12.3. The van der Waals surface area contributed by atoms with E-state index in [-0.39, 0.29) is 18.9 Å². The van der Waals surface area contributed by atoms with E-state index in [1.165, 1.54) is 18.3 Å². The Morgan fingerprint density at radius 3 is 2.56 bits per heavy atom. The maximum atomic E-state index is 12.5. The SMILES string of the molecule is CN(CC(O)COc1ccc(C(F)(F)F)cc1)c1ncccc1C#N. The van der Waals surface area contributed by atoms with Gasteiger partial charge in [0.1, 0.15) is 30.3 Å². The largest absolute Gasteiger partial charge is 0.491 e. The number of halogens is 3. The number of pyridine rings is 1. The Hall–Kier alpha value is -2.79. The minimum Gasteiger partial charge on any atom is -0.491 e. The Bertz CT molecular complexity index is 742. The zero-order valence-corrected chi connectivity index (χ0v) is 13.4. The summed E-state index contributed by atoms with van der Waals surface area (Å²) in [5, 5.41) is 19.1. The van der Waals surface area contributed by atoms with Crippen molar-refractivity contribution in [1.82, 2.24) is 4.98 Å². The molecule has 0 spiro atoms. The highest BCUT2D eigenvalue weighted by atomic mass is 19.4. The fourth-order valence-corrected chi connectivity index (χ4v) is 2.18. The van der Waals surface area contributed by atoms with Crippen molar-refractivity contribution in [3.05, 3.63) is 53.7 Å². The van der Waals surface area contributed by atoms with E-state index in [9.17, 15) is 18.3 Å². The number of nitrogens with zero attached hydrogens (tertiary/aromatic N) is 3. The van der Waals surface area contributed by atoms with Gasteiger partial charge in [-0.3, -0.25) is 0 Å². The second kappa shape index (κ2) is 7.85. The van der Waals surface area contributed by atoms with Gasteiger partial charge in [0.05, 0.1) is 11.1 Å². The molecule has 0 fully saturated rings. The molecule has 0 saturated carbocycles. The number of nitriles is 1. The predicted octanol–water partition coefficient (Wildman–Crippen LogP) is 2.85. The smallest absolute Gasteiger partial charge is 0.416 e. The van der Waals surface area contributed by atoms with E-state index in [2.05, 4.69) is 4.98 Å². The second-order valence-corrected chi connectivity index (χ2v) is 5.35. The van der Waals surface area contributed by atoms with Crippen LogP contribution in [0.15, 0.2) is 42.6 Å². The van der Waals surface area contributed by atoms with Gasteiger partial charge in [-0.15, -0.1) is 0 Å². The Balaban J connectivity index is 1.90. The van der Waals surface area contributed by atoms with Crippen molar-refractivity contribution in [2.45, 2.75) is 12.3 Å². The molecule has 0 amide bonds. The molecule has 132 valence electrons. The number of likely N-dealkylation sites (N-methyl/N-ethyl adjacent to an activating group) is 1. The fraction of sp³-hybridized carbons (Fsp3) is 0.294. The van der Waals surface area contributed by atoms with Gasteiger partial charge < -0.3 is 14.7 Å². The Morgan fingerprint density at radius 1 is 1.28 bits per heavy atom. The number of ether oxygens (including phenoxy) is 1. The first-order chi connectivity index (χ1) is 11.8. The fourth-order valence-electron chi connectivity index (χ4n) is 2.18. The van der Waals surface area contributed by atoms with E-state index >= 15 is 0 Å². The van der Waals surface area contributed by atoms with Gasteiger partial charge in [0, 0.05) is 19.8 Å². The van der Waals surface area contributed by atoms with Crippen molar-refractivity contribution in [1.29, 1.82) is 5.26 Å². The summed E-state index contributed by atoms with van der Waals surface area (Å²) in [7, 11) is 1.67. The van der Waals surface area contributed by atoms with Crippen LogP contribution in [0, 0.1) is 11.3 Å². The van der Waals surface area contributed by atoms with Crippen LogP contribution in [0.5, 0.6) is 5.75 Å². The highest BCUT2D eigenvalue weighted by Gasteiger charge is 2.30. The van der Waals surface area contributed by atoms with Crippen LogP contribution >= 0.6 is 0 Å². The Kier molecular flexibility index (Phi) is 5.83. The predicted molar refractivity (Wildman–Crippen MR) is 85.2 cm³/mol. The van der Waals surface area contributed by atoms with Crippen LogP contribution in [0.3, 0.4) is 0 Å². The third-order valence-corrected chi connectivity index (χ3v) is 3.38. The van der Waals surface area contributed by atoms with Crippen molar-refractivity contribution >= 4 is 5.82 Å². The molecule has 0 saturated heterocycles. The van der Waals surface area contributed by atoms with Gasteiger partial charge in [-0.25, -0.2) is 4.98 Å². The summed E-state index contributed by atoms with van der Waals surface area (Å²) >= 11 is 0. The molecule has 8 heteroatoms. The average molecular weight is 351 g/mol. The average Bonchev–Trinajstić information content (AvgIpc) is 2.59. The molecule has 0 bridgehead atoms. The Morgan fingerprint density at radius 2 is 1.96 bits per heavy atom. The summed E-state index contributed by atoms with van der Waals surface area (Å²) in [4.78, 5) is 5.71. The van der Waals surface area contributed by atoms with E-state index in [1.807, 2.05) is 6.07 Å². The second-order valence-electron chi connectivity index (χ2n) is 5.35. The van der Waals surface area contributed by atoms with Crippen molar-refractivity contribution in [3.63, 3.8) is 0 Å². The van der Waals surface area contributed by atoms with E-state index in [4.69, 9.17) is 10.00 Å². The molecule has 25 heavy (non-hydrogen) atoms.